The van der Waals surface area contributed by atoms with E-state index in [1.165, 1.54) is 0 Å². The van der Waals surface area contributed by atoms with Crippen molar-refractivity contribution >= 4 is 12.0 Å². The lowest BCUT2D eigenvalue weighted by Gasteiger charge is -2.65. The van der Waals surface area contributed by atoms with E-state index >= 15 is 0 Å². The van der Waals surface area contributed by atoms with Gasteiger partial charge in [-0.05, 0) is 55.5 Å². The Balaban J connectivity index is 1.44. The molecule has 2 fully saturated rings. The minimum atomic E-state index is -1.03. The molecule has 6 rings (SSSR count). The van der Waals surface area contributed by atoms with Gasteiger partial charge in [0.05, 0.1) is 29.6 Å². The summed E-state index contributed by atoms with van der Waals surface area (Å²) in [6.45, 7) is 7.54. The molecule has 1 amide bonds. The average Bonchev–Trinajstić information content (AvgIpc) is 3.46. The van der Waals surface area contributed by atoms with Crippen LogP contribution in [0.25, 0.3) is 6.08 Å². The van der Waals surface area contributed by atoms with Crippen LogP contribution < -0.4 is 4.74 Å². The smallest absolute Gasteiger partial charge is 0.246 e. The largest absolute Gasteiger partial charge is 0.504 e. The number of benzene rings is 1. The number of aliphatic hydroxyl groups is 1. The Kier molecular flexibility index (Phi) is 4.96. The van der Waals surface area contributed by atoms with Crippen LogP contribution in [0, 0.1) is 5.92 Å². The summed E-state index contributed by atoms with van der Waals surface area (Å²) in [4.78, 5) is 17.4. The molecule has 4 aliphatic rings. The Morgan fingerprint density at radius 1 is 1.37 bits per heavy atom. The third-order valence-corrected chi connectivity index (χ3v) is 9.02. The second kappa shape index (κ2) is 7.73. The average molecular weight is 477 g/mol. The summed E-state index contributed by atoms with van der Waals surface area (Å²) in [6.07, 6.45) is 9.84. The second-order valence-corrected chi connectivity index (χ2v) is 10.6. The number of likely N-dealkylation sites (N-methyl/N-ethyl adjacent to an activating group) is 1. The molecule has 2 bridgehead atoms. The lowest BCUT2D eigenvalue weighted by molar-refractivity contribution is -0.210. The maximum atomic E-state index is 13.3. The highest BCUT2D eigenvalue weighted by Gasteiger charge is 2.74. The molecule has 7 heteroatoms. The fraction of sp³-hybridized carbons (Fsp3) is 0.464. The van der Waals surface area contributed by atoms with E-state index in [2.05, 4.69) is 18.4 Å². The maximum absolute atomic E-state index is 13.3. The number of phenolic OH excluding ortho intramolecular Hbond substituents is 1. The molecule has 1 aromatic heterocycles. The first-order chi connectivity index (χ1) is 16.8. The number of aromatic hydroxyl groups is 1. The molecule has 1 saturated heterocycles. The van der Waals surface area contributed by atoms with Crippen LogP contribution in [0.4, 0.5) is 0 Å². The van der Waals surface area contributed by atoms with Crippen LogP contribution in [-0.2, 0) is 16.6 Å². The Morgan fingerprint density at radius 3 is 2.94 bits per heavy atom. The lowest BCUT2D eigenvalue weighted by Crippen LogP contribution is -2.79. The first kappa shape index (κ1) is 22.4. The summed E-state index contributed by atoms with van der Waals surface area (Å²) >= 11 is 0. The number of piperidine rings is 1. The van der Waals surface area contributed by atoms with Gasteiger partial charge in [0.2, 0.25) is 5.91 Å². The molecule has 1 aromatic carbocycles. The van der Waals surface area contributed by atoms with Crippen LogP contribution in [-0.4, -0.2) is 69.8 Å². The van der Waals surface area contributed by atoms with Crippen molar-refractivity contribution < 1.29 is 24.2 Å². The van der Waals surface area contributed by atoms with Crippen molar-refractivity contribution in [3.05, 3.63) is 66.1 Å². The van der Waals surface area contributed by atoms with E-state index in [0.29, 0.717) is 31.6 Å². The summed E-state index contributed by atoms with van der Waals surface area (Å²) in [6, 6.07) is 5.13. The standard InChI is InChI=1S/C28H32N2O5/c1-4-11-30-12-10-27-23-19-6-7-20(31)25(23)35-26(27)24(17(2)15-28(27,33)21(30)14-19)29(3)22(32)8-5-18-9-13-34-16-18/h4-9,13,16-17,21,24,26,31,33H,1,10-12,14-15H2,2-3H3/b8-5+/t17-,21-,24-,26+,27+,28-/m1/s1. The number of hydrogen-bond donors (Lipinski definition) is 2. The zero-order chi connectivity index (χ0) is 24.5. The topological polar surface area (TPSA) is 86.4 Å². The molecule has 0 unspecified atom stereocenters. The van der Waals surface area contributed by atoms with Gasteiger partial charge in [0.25, 0.3) is 0 Å². The van der Waals surface area contributed by atoms with Crippen LogP contribution in [0.3, 0.4) is 0 Å². The molecule has 2 aliphatic carbocycles. The van der Waals surface area contributed by atoms with E-state index in [-0.39, 0.29) is 29.7 Å². The van der Waals surface area contributed by atoms with Gasteiger partial charge in [-0.1, -0.05) is 19.1 Å². The third-order valence-electron chi connectivity index (χ3n) is 9.02. The summed E-state index contributed by atoms with van der Waals surface area (Å²) in [5.74, 6) is 0.432. The van der Waals surface area contributed by atoms with Gasteiger partial charge < -0.3 is 24.3 Å². The number of phenols is 1. The molecule has 184 valence electrons. The summed E-state index contributed by atoms with van der Waals surface area (Å²) in [7, 11) is 1.81. The van der Waals surface area contributed by atoms with Crippen LogP contribution in [0.15, 0.2) is 53.9 Å². The van der Waals surface area contributed by atoms with E-state index in [1.807, 2.05) is 19.2 Å². The van der Waals surface area contributed by atoms with Gasteiger partial charge in [-0.3, -0.25) is 9.69 Å². The number of nitrogens with zero attached hydrogens (tertiary/aromatic N) is 2. The summed E-state index contributed by atoms with van der Waals surface area (Å²) in [5, 5.41) is 23.4. The highest BCUT2D eigenvalue weighted by atomic mass is 16.5. The van der Waals surface area contributed by atoms with Gasteiger partial charge in [-0.15, -0.1) is 6.58 Å². The van der Waals surface area contributed by atoms with Gasteiger partial charge in [-0.25, -0.2) is 0 Å². The van der Waals surface area contributed by atoms with Crippen LogP contribution in [0.5, 0.6) is 11.5 Å². The molecule has 2 aromatic rings. The quantitative estimate of drug-likeness (QED) is 0.510. The molecule has 0 radical (unpaired) electrons. The first-order valence-corrected chi connectivity index (χ1v) is 12.4. The SMILES string of the molecule is C=CCN1CC[C@]23c4c5ccc(O)c4O[C@H]2[C@H](N(C)C(=O)/C=C/c2ccoc2)[C@H](C)C[C@@]3(O)[C@H]1C5. The van der Waals surface area contributed by atoms with Gasteiger partial charge >= 0.3 is 0 Å². The van der Waals surface area contributed by atoms with Gasteiger partial charge in [0, 0.05) is 36.8 Å². The number of carbonyl (C=O) groups excluding carboxylic acids is 1. The molecule has 35 heavy (non-hydrogen) atoms. The summed E-state index contributed by atoms with van der Waals surface area (Å²) < 4.78 is 11.7. The Hall–Kier alpha value is -3.03. The van der Waals surface area contributed by atoms with Gasteiger partial charge in [0.1, 0.15) is 6.10 Å². The highest BCUT2D eigenvalue weighted by molar-refractivity contribution is 5.92. The first-order valence-electron chi connectivity index (χ1n) is 12.4. The molecule has 1 saturated carbocycles. The van der Waals surface area contributed by atoms with Crippen LogP contribution >= 0.6 is 0 Å². The fourth-order valence-electron chi connectivity index (χ4n) is 7.65. The summed E-state index contributed by atoms with van der Waals surface area (Å²) in [5.41, 5.74) is 1.17. The van der Waals surface area contributed by atoms with Crippen molar-refractivity contribution in [1.29, 1.82) is 0 Å². The maximum Gasteiger partial charge on any atom is 0.246 e. The number of amides is 1. The zero-order valence-electron chi connectivity index (χ0n) is 20.2. The van der Waals surface area contributed by atoms with E-state index in [1.54, 1.807) is 41.7 Å². The van der Waals surface area contributed by atoms with E-state index in [0.717, 1.165) is 23.2 Å². The predicted octanol–water partition coefficient (Wildman–Crippen LogP) is 3.11. The molecule has 6 atom stereocenters. The van der Waals surface area contributed by atoms with Crippen molar-refractivity contribution in [1.82, 2.24) is 9.80 Å². The van der Waals surface area contributed by atoms with Crippen LogP contribution in [0.2, 0.25) is 0 Å². The minimum absolute atomic E-state index is 0.0152. The predicted molar refractivity (Wildman–Crippen MR) is 131 cm³/mol. The Bertz CT molecular complexity index is 1210. The molecule has 2 N–H and O–H groups in total. The Morgan fingerprint density at radius 2 is 2.20 bits per heavy atom. The number of likely N-dealkylation sites (tertiary alicyclic amines) is 1. The number of rotatable bonds is 5. The van der Waals surface area contributed by atoms with Crippen LogP contribution in [0.1, 0.15) is 36.5 Å². The normalized spacial score (nSPS) is 34.9. The van der Waals surface area contributed by atoms with Crippen molar-refractivity contribution in [3.8, 4) is 11.5 Å². The van der Waals surface area contributed by atoms with Crippen molar-refractivity contribution in [2.24, 2.45) is 5.92 Å². The zero-order valence-corrected chi connectivity index (χ0v) is 20.2. The van der Waals surface area contributed by atoms with Crippen molar-refractivity contribution in [2.75, 3.05) is 20.1 Å². The molecular weight excluding hydrogens is 444 g/mol. The number of hydrogen-bond acceptors (Lipinski definition) is 6. The fourth-order valence-corrected chi connectivity index (χ4v) is 7.65. The molecular formula is C28H32N2O5. The minimum Gasteiger partial charge on any atom is -0.504 e. The van der Waals surface area contributed by atoms with Crippen molar-refractivity contribution in [2.45, 2.75) is 55.4 Å². The Labute approximate surface area is 205 Å². The highest BCUT2D eigenvalue weighted by Crippen LogP contribution is 2.66. The number of carbonyl (C=O) groups is 1. The monoisotopic (exact) mass is 476 g/mol. The van der Waals surface area contributed by atoms with E-state index < -0.39 is 17.1 Å². The third kappa shape index (κ3) is 2.88. The number of furan rings is 1. The number of ether oxygens (including phenoxy) is 1. The van der Waals surface area contributed by atoms with Gasteiger partial charge in [0.15, 0.2) is 11.5 Å². The van der Waals surface area contributed by atoms with Gasteiger partial charge in [-0.2, -0.15) is 0 Å². The lowest BCUT2D eigenvalue weighted by atomic mass is 9.46. The van der Waals surface area contributed by atoms with Crippen molar-refractivity contribution in [3.63, 3.8) is 0 Å². The van der Waals surface area contributed by atoms with E-state index in [4.69, 9.17) is 9.15 Å². The molecule has 1 spiro atoms. The second-order valence-electron chi connectivity index (χ2n) is 10.6. The molecule has 7 nitrogen and oxygen atoms in total. The molecule has 2 aliphatic heterocycles. The molecule has 3 heterocycles. The van der Waals surface area contributed by atoms with E-state index in [9.17, 15) is 15.0 Å².